The number of amides is 1. The molecule has 0 radical (unpaired) electrons. The zero-order valence-electron chi connectivity index (χ0n) is 9.88. The summed E-state index contributed by atoms with van der Waals surface area (Å²) in [5, 5.41) is 0. The van der Waals surface area contributed by atoms with E-state index in [1.165, 1.54) is 0 Å². The summed E-state index contributed by atoms with van der Waals surface area (Å²) < 4.78 is 0.652. The molecule has 18 heavy (non-hydrogen) atoms. The molecule has 0 bridgehead atoms. The van der Waals surface area contributed by atoms with Crippen LogP contribution in [0.3, 0.4) is 0 Å². The smallest absolute Gasteiger partial charge is 0.272 e. The third-order valence-electron chi connectivity index (χ3n) is 2.41. The van der Waals surface area contributed by atoms with Crippen molar-refractivity contribution in [2.75, 3.05) is 7.05 Å². The van der Waals surface area contributed by atoms with E-state index < -0.39 is 0 Å². The van der Waals surface area contributed by atoms with Gasteiger partial charge in [0.15, 0.2) is 0 Å². The number of carbonyl (C=O) groups excluding carboxylic acids is 1. The third-order valence-corrected chi connectivity index (χ3v) is 2.85. The number of halogens is 1. The summed E-state index contributed by atoms with van der Waals surface area (Å²) in [6, 6.07) is 10.9. The Labute approximate surface area is 114 Å². The lowest BCUT2D eigenvalue weighted by molar-refractivity contribution is 0.0777. The number of nitrogens with zero attached hydrogens (tertiary/aromatic N) is 3. The fourth-order valence-corrected chi connectivity index (χ4v) is 1.87. The van der Waals surface area contributed by atoms with E-state index in [1.807, 2.05) is 18.2 Å². The molecule has 2 aromatic rings. The maximum absolute atomic E-state index is 12.1. The second-order valence-electron chi connectivity index (χ2n) is 3.83. The number of hydrogen-bond acceptors (Lipinski definition) is 3. The molecule has 0 unspecified atom stereocenters. The highest BCUT2D eigenvalue weighted by molar-refractivity contribution is 9.10. The van der Waals surface area contributed by atoms with Gasteiger partial charge in [-0.15, -0.1) is 0 Å². The van der Waals surface area contributed by atoms with Crippen LogP contribution in [0, 0.1) is 0 Å². The minimum absolute atomic E-state index is 0.123. The summed E-state index contributed by atoms with van der Waals surface area (Å²) in [6.07, 6.45) is 1.71. The highest BCUT2D eigenvalue weighted by atomic mass is 79.9. The Morgan fingerprint density at radius 3 is 2.78 bits per heavy atom. The zero-order chi connectivity index (χ0) is 13.0. The molecule has 0 saturated heterocycles. The van der Waals surface area contributed by atoms with E-state index in [-0.39, 0.29) is 5.91 Å². The van der Waals surface area contributed by atoms with Crippen LogP contribution < -0.4 is 0 Å². The Hall–Kier alpha value is -1.75. The van der Waals surface area contributed by atoms with Gasteiger partial charge in [-0.25, -0.2) is 4.98 Å². The molecule has 1 amide bonds. The Bertz CT molecular complexity index is 545. The number of hydrogen-bond donors (Lipinski definition) is 0. The molecule has 0 aromatic carbocycles. The van der Waals surface area contributed by atoms with Crippen molar-refractivity contribution < 1.29 is 4.79 Å². The summed E-state index contributed by atoms with van der Waals surface area (Å²) in [4.78, 5) is 22.0. The van der Waals surface area contributed by atoms with Crippen LogP contribution in [0.25, 0.3) is 0 Å². The van der Waals surface area contributed by atoms with Crippen LogP contribution in [0.15, 0.2) is 47.2 Å². The van der Waals surface area contributed by atoms with Crippen molar-refractivity contribution in [2.24, 2.45) is 0 Å². The molecule has 0 N–H and O–H groups in total. The molecule has 0 atom stereocenters. The fraction of sp³-hybridized carbons (Fsp3) is 0.154. The van der Waals surface area contributed by atoms with E-state index >= 15 is 0 Å². The Kier molecular flexibility index (Phi) is 4.04. The van der Waals surface area contributed by atoms with Gasteiger partial charge in [0.2, 0.25) is 0 Å². The van der Waals surface area contributed by atoms with E-state index in [9.17, 15) is 4.79 Å². The lowest BCUT2D eigenvalue weighted by Gasteiger charge is -2.16. The van der Waals surface area contributed by atoms with Gasteiger partial charge in [-0.05, 0) is 40.2 Å². The highest BCUT2D eigenvalue weighted by Crippen LogP contribution is 2.09. The summed E-state index contributed by atoms with van der Waals surface area (Å²) >= 11 is 3.25. The van der Waals surface area contributed by atoms with E-state index in [0.29, 0.717) is 16.8 Å². The molecule has 0 spiro atoms. The van der Waals surface area contributed by atoms with Gasteiger partial charge >= 0.3 is 0 Å². The first-order valence-corrected chi connectivity index (χ1v) is 6.24. The normalized spacial score (nSPS) is 10.1. The van der Waals surface area contributed by atoms with Gasteiger partial charge in [0, 0.05) is 13.2 Å². The SMILES string of the molecule is CN(Cc1ccccn1)C(=O)c1cccc(Br)n1. The van der Waals surface area contributed by atoms with Gasteiger partial charge in [0.05, 0.1) is 12.2 Å². The van der Waals surface area contributed by atoms with E-state index in [2.05, 4.69) is 25.9 Å². The number of carbonyl (C=O) groups is 1. The van der Waals surface area contributed by atoms with Gasteiger partial charge in [-0.1, -0.05) is 12.1 Å². The van der Waals surface area contributed by atoms with Crippen LogP contribution >= 0.6 is 15.9 Å². The molecular formula is C13H12BrN3O. The molecule has 2 rings (SSSR count). The molecule has 0 aliphatic heterocycles. The van der Waals surface area contributed by atoms with Crippen LogP contribution in [0.2, 0.25) is 0 Å². The topological polar surface area (TPSA) is 46.1 Å². The molecule has 0 aliphatic rings. The van der Waals surface area contributed by atoms with E-state index in [4.69, 9.17) is 0 Å². The lowest BCUT2D eigenvalue weighted by Crippen LogP contribution is -2.27. The Balaban J connectivity index is 2.10. The van der Waals surface area contributed by atoms with E-state index in [1.54, 1.807) is 36.3 Å². The maximum Gasteiger partial charge on any atom is 0.272 e. The molecule has 2 aromatic heterocycles. The van der Waals surface area contributed by atoms with Crippen molar-refractivity contribution >= 4 is 21.8 Å². The Morgan fingerprint density at radius 1 is 1.28 bits per heavy atom. The van der Waals surface area contributed by atoms with Gasteiger partial charge in [-0.3, -0.25) is 9.78 Å². The van der Waals surface area contributed by atoms with Crippen molar-refractivity contribution in [3.8, 4) is 0 Å². The molecule has 0 saturated carbocycles. The molecule has 0 fully saturated rings. The molecule has 92 valence electrons. The first-order valence-electron chi connectivity index (χ1n) is 5.45. The minimum Gasteiger partial charge on any atom is -0.334 e. The average molecular weight is 306 g/mol. The standard InChI is InChI=1S/C13H12BrN3O/c1-17(9-10-5-2-3-8-15-10)13(18)11-6-4-7-12(14)16-11/h2-8H,9H2,1H3. The van der Waals surface area contributed by atoms with Gasteiger partial charge in [0.25, 0.3) is 5.91 Å². The molecule has 2 heterocycles. The molecule has 0 aliphatic carbocycles. The van der Waals surface area contributed by atoms with Crippen LogP contribution in [0.5, 0.6) is 0 Å². The largest absolute Gasteiger partial charge is 0.334 e. The van der Waals surface area contributed by atoms with Crippen LogP contribution in [-0.2, 0) is 6.54 Å². The number of rotatable bonds is 3. The second kappa shape index (κ2) is 5.73. The van der Waals surface area contributed by atoms with Crippen molar-refractivity contribution in [3.63, 3.8) is 0 Å². The van der Waals surface area contributed by atoms with Crippen molar-refractivity contribution in [1.82, 2.24) is 14.9 Å². The summed E-state index contributed by atoms with van der Waals surface area (Å²) in [5.74, 6) is -0.123. The maximum atomic E-state index is 12.1. The van der Waals surface area contributed by atoms with Crippen molar-refractivity contribution in [1.29, 1.82) is 0 Å². The van der Waals surface area contributed by atoms with E-state index in [0.717, 1.165) is 5.69 Å². The highest BCUT2D eigenvalue weighted by Gasteiger charge is 2.13. The zero-order valence-corrected chi connectivity index (χ0v) is 11.5. The Morgan fingerprint density at radius 2 is 2.11 bits per heavy atom. The van der Waals surface area contributed by atoms with Crippen molar-refractivity contribution in [2.45, 2.75) is 6.54 Å². The van der Waals surface area contributed by atoms with Crippen molar-refractivity contribution in [3.05, 3.63) is 58.6 Å². The number of pyridine rings is 2. The monoisotopic (exact) mass is 305 g/mol. The molecule has 5 heteroatoms. The first-order chi connectivity index (χ1) is 8.66. The predicted molar refractivity (Wildman–Crippen MR) is 72.0 cm³/mol. The first kappa shape index (κ1) is 12.7. The summed E-state index contributed by atoms with van der Waals surface area (Å²) in [5.41, 5.74) is 1.27. The predicted octanol–water partition coefficient (Wildman–Crippen LogP) is 2.51. The molecule has 4 nitrogen and oxygen atoms in total. The van der Waals surface area contributed by atoms with Gasteiger partial charge in [0.1, 0.15) is 10.3 Å². The van der Waals surface area contributed by atoms with Crippen LogP contribution in [-0.4, -0.2) is 27.8 Å². The van der Waals surface area contributed by atoms with Gasteiger partial charge < -0.3 is 4.90 Å². The lowest BCUT2D eigenvalue weighted by atomic mass is 10.3. The van der Waals surface area contributed by atoms with Crippen LogP contribution in [0.4, 0.5) is 0 Å². The summed E-state index contributed by atoms with van der Waals surface area (Å²) in [7, 11) is 1.74. The summed E-state index contributed by atoms with van der Waals surface area (Å²) in [6.45, 7) is 0.466. The van der Waals surface area contributed by atoms with Gasteiger partial charge in [-0.2, -0.15) is 0 Å². The third kappa shape index (κ3) is 3.13. The quantitative estimate of drug-likeness (QED) is 0.819. The second-order valence-corrected chi connectivity index (χ2v) is 4.64. The molecular weight excluding hydrogens is 294 g/mol. The number of aromatic nitrogens is 2. The van der Waals surface area contributed by atoms with Crippen LogP contribution in [0.1, 0.15) is 16.2 Å². The average Bonchev–Trinajstić information content (AvgIpc) is 2.39. The fourth-order valence-electron chi connectivity index (χ4n) is 1.53. The minimum atomic E-state index is -0.123.